The minimum Gasteiger partial charge on any atom is -0.478 e. The van der Waals surface area contributed by atoms with Gasteiger partial charge in [-0.1, -0.05) is 84.1 Å². The van der Waals surface area contributed by atoms with Crippen LogP contribution in [0.1, 0.15) is 122 Å². The summed E-state index contributed by atoms with van der Waals surface area (Å²) >= 11 is 0. The van der Waals surface area contributed by atoms with Crippen molar-refractivity contribution in [2.45, 2.75) is 90.9 Å². The summed E-state index contributed by atoms with van der Waals surface area (Å²) in [4.78, 5) is 36.8. The number of hydrogen-bond donors (Lipinski definition) is 1. The van der Waals surface area contributed by atoms with E-state index in [-0.39, 0.29) is 29.9 Å². The van der Waals surface area contributed by atoms with Crippen LogP contribution in [0.4, 0.5) is 0 Å². The third-order valence-corrected chi connectivity index (χ3v) is 5.18. The molecule has 0 spiro atoms. The van der Waals surface area contributed by atoms with Crippen LogP contribution in [0.2, 0.25) is 0 Å². The number of hydrogen-bond acceptors (Lipinski definition) is 5. The molecule has 0 radical (unpaired) electrons. The lowest BCUT2D eigenvalue weighted by Gasteiger charge is -2.12. The van der Waals surface area contributed by atoms with Crippen molar-refractivity contribution in [3.63, 3.8) is 0 Å². The van der Waals surface area contributed by atoms with E-state index in [4.69, 9.17) is 9.47 Å². The van der Waals surface area contributed by atoms with Gasteiger partial charge in [0.15, 0.2) is 0 Å². The molecule has 0 aliphatic heterocycles. The molecular formula is C25H38O6. The van der Waals surface area contributed by atoms with Crippen molar-refractivity contribution in [3.8, 4) is 0 Å². The average molecular weight is 435 g/mol. The fraction of sp³-hybridized carbons (Fsp3) is 0.640. The van der Waals surface area contributed by atoms with Crippen LogP contribution in [0.3, 0.4) is 0 Å². The smallest absolute Gasteiger partial charge is 0.339 e. The van der Waals surface area contributed by atoms with E-state index in [2.05, 4.69) is 13.8 Å². The number of aromatic carboxylic acids is 1. The molecule has 0 unspecified atom stereocenters. The van der Waals surface area contributed by atoms with Crippen molar-refractivity contribution < 1.29 is 29.0 Å². The quantitative estimate of drug-likeness (QED) is 0.225. The summed E-state index contributed by atoms with van der Waals surface area (Å²) in [7, 11) is 0. The number of unbranched alkanes of at least 4 members (excludes halogenated alkanes) is 10. The van der Waals surface area contributed by atoms with Crippen molar-refractivity contribution in [2.24, 2.45) is 0 Å². The third kappa shape index (κ3) is 10.5. The standard InChI is InChI=1S/C25H38O6/c1-3-5-7-9-11-13-18-30-24(28)21-17-15-16-20(23(26)27)22(21)25(29)31-19-14-12-10-8-6-4-2/h15-17H,3-14,18-19H2,1-2H3,(H,26,27). The highest BCUT2D eigenvalue weighted by molar-refractivity contribution is 6.10. The molecule has 6 nitrogen and oxygen atoms in total. The predicted octanol–water partition coefficient (Wildman–Crippen LogP) is 6.42. The maximum Gasteiger partial charge on any atom is 0.339 e. The summed E-state index contributed by atoms with van der Waals surface area (Å²) in [5.41, 5.74) is -0.533. The molecule has 6 heteroatoms. The van der Waals surface area contributed by atoms with E-state index in [1.54, 1.807) is 0 Å². The van der Waals surface area contributed by atoms with Gasteiger partial charge in [-0.15, -0.1) is 0 Å². The molecule has 0 fully saturated rings. The number of carbonyl (C=O) groups is 3. The van der Waals surface area contributed by atoms with E-state index in [9.17, 15) is 19.5 Å². The summed E-state index contributed by atoms with van der Waals surface area (Å²) in [6, 6.07) is 4.15. The largest absolute Gasteiger partial charge is 0.478 e. The Bertz CT molecular complexity index is 683. The highest BCUT2D eigenvalue weighted by Crippen LogP contribution is 2.19. The Hall–Kier alpha value is -2.37. The van der Waals surface area contributed by atoms with Gasteiger partial charge in [0.05, 0.1) is 29.9 Å². The lowest BCUT2D eigenvalue weighted by molar-refractivity contribution is 0.0446. The number of carboxylic acid groups (broad SMARTS) is 1. The average Bonchev–Trinajstić information content (AvgIpc) is 2.77. The van der Waals surface area contributed by atoms with Crippen molar-refractivity contribution >= 4 is 17.9 Å². The molecule has 0 atom stereocenters. The van der Waals surface area contributed by atoms with Gasteiger partial charge in [0, 0.05) is 0 Å². The van der Waals surface area contributed by atoms with E-state index in [1.165, 1.54) is 50.3 Å². The van der Waals surface area contributed by atoms with Gasteiger partial charge in [0.2, 0.25) is 0 Å². The first-order valence-electron chi connectivity index (χ1n) is 11.7. The Kier molecular flexibility index (Phi) is 14.1. The normalized spacial score (nSPS) is 10.6. The van der Waals surface area contributed by atoms with Crippen molar-refractivity contribution in [2.75, 3.05) is 13.2 Å². The van der Waals surface area contributed by atoms with Crippen LogP contribution in [0.5, 0.6) is 0 Å². The highest BCUT2D eigenvalue weighted by Gasteiger charge is 2.26. The number of esters is 2. The predicted molar refractivity (Wildman–Crippen MR) is 121 cm³/mol. The molecule has 1 aromatic carbocycles. The molecule has 0 bridgehead atoms. The fourth-order valence-corrected chi connectivity index (χ4v) is 3.36. The molecule has 174 valence electrons. The van der Waals surface area contributed by atoms with Crippen LogP contribution in [-0.2, 0) is 9.47 Å². The summed E-state index contributed by atoms with van der Waals surface area (Å²) in [6.07, 6.45) is 12.6. The lowest BCUT2D eigenvalue weighted by atomic mass is 10.0. The van der Waals surface area contributed by atoms with Crippen LogP contribution >= 0.6 is 0 Å². The molecule has 0 amide bonds. The number of carbonyl (C=O) groups excluding carboxylic acids is 2. The van der Waals surface area contributed by atoms with Crippen LogP contribution < -0.4 is 0 Å². The zero-order valence-corrected chi connectivity index (χ0v) is 19.1. The molecule has 1 aromatic rings. The van der Waals surface area contributed by atoms with E-state index >= 15 is 0 Å². The third-order valence-electron chi connectivity index (χ3n) is 5.18. The van der Waals surface area contributed by atoms with Crippen molar-refractivity contribution in [3.05, 3.63) is 34.9 Å². The molecule has 31 heavy (non-hydrogen) atoms. The zero-order valence-electron chi connectivity index (χ0n) is 19.1. The number of ether oxygens (including phenoxy) is 2. The van der Waals surface area contributed by atoms with Crippen LogP contribution in [0.25, 0.3) is 0 Å². The van der Waals surface area contributed by atoms with Crippen molar-refractivity contribution in [1.82, 2.24) is 0 Å². The molecule has 1 rings (SSSR count). The molecule has 0 aliphatic carbocycles. The molecule has 0 aromatic heterocycles. The van der Waals surface area contributed by atoms with Gasteiger partial charge in [0.1, 0.15) is 0 Å². The SMILES string of the molecule is CCCCCCCCOC(=O)c1cccc(C(=O)O)c1C(=O)OCCCCCCCC. The first-order valence-corrected chi connectivity index (χ1v) is 11.7. The summed E-state index contributed by atoms with van der Waals surface area (Å²) in [5, 5.41) is 9.47. The Balaban J connectivity index is 2.65. The number of benzene rings is 1. The van der Waals surface area contributed by atoms with Crippen molar-refractivity contribution in [1.29, 1.82) is 0 Å². The van der Waals surface area contributed by atoms with Crippen LogP contribution in [0.15, 0.2) is 18.2 Å². The van der Waals surface area contributed by atoms with Gasteiger partial charge in [-0.2, -0.15) is 0 Å². The van der Waals surface area contributed by atoms with E-state index < -0.39 is 17.9 Å². The van der Waals surface area contributed by atoms with Crippen LogP contribution in [0, 0.1) is 0 Å². The van der Waals surface area contributed by atoms with E-state index in [0.717, 1.165) is 38.5 Å². The van der Waals surface area contributed by atoms with Gasteiger partial charge >= 0.3 is 17.9 Å². The lowest BCUT2D eigenvalue weighted by Crippen LogP contribution is -2.19. The van der Waals surface area contributed by atoms with Crippen LogP contribution in [-0.4, -0.2) is 36.2 Å². The Morgan fingerprint density at radius 1 is 0.677 bits per heavy atom. The Morgan fingerprint density at radius 2 is 1.13 bits per heavy atom. The number of carboxylic acids is 1. The minimum atomic E-state index is -1.28. The zero-order chi connectivity index (χ0) is 22.9. The Morgan fingerprint density at radius 3 is 1.65 bits per heavy atom. The molecule has 1 N–H and O–H groups in total. The van der Waals surface area contributed by atoms with Gasteiger partial charge in [-0.05, 0) is 25.0 Å². The van der Waals surface area contributed by atoms with Gasteiger partial charge < -0.3 is 14.6 Å². The topological polar surface area (TPSA) is 89.9 Å². The van der Waals surface area contributed by atoms with Gasteiger partial charge in [-0.25, -0.2) is 14.4 Å². The molecule has 0 aliphatic rings. The summed E-state index contributed by atoms with van der Waals surface area (Å²) in [5.74, 6) is -2.77. The summed E-state index contributed by atoms with van der Waals surface area (Å²) < 4.78 is 10.6. The maximum atomic E-state index is 12.6. The highest BCUT2D eigenvalue weighted by atomic mass is 16.5. The van der Waals surface area contributed by atoms with E-state index in [1.807, 2.05) is 0 Å². The van der Waals surface area contributed by atoms with E-state index in [0.29, 0.717) is 6.42 Å². The Labute approximate surface area is 186 Å². The second-order valence-electron chi connectivity index (χ2n) is 7.84. The second-order valence-corrected chi connectivity index (χ2v) is 7.84. The molecule has 0 heterocycles. The molecular weight excluding hydrogens is 396 g/mol. The first kappa shape index (κ1) is 26.7. The molecule has 0 saturated carbocycles. The van der Waals surface area contributed by atoms with Gasteiger partial charge in [-0.3, -0.25) is 0 Å². The number of rotatable bonds is 17. The monoisotopic (exact) mass is 434 g/mol. The summed E-state index contributed by atoms with van der Waals surface area (Å²) in [6.45, 7) is 4.75. The fourth-order valence-electron chi connectivity index (χ4n) is 3.36. The second kappa shape index (κ2) is 16.3. The maximum absolute atomic E-state index is 12.6. The molecule has 0 saturated heterocycles. The minimum absolute atomic E-state index is 0.0566. The first-order chi connectivity index (χ1) is 15.0. The van der Waals surface area contributed by atoms with Gasteiger partial charge in [0.25, 0.3) is 0 Å².